The Bertz CT molecular complexity index is 1180. The molecule has 2 unspecified atom stereocenters. The van der Waals surface area contributed by atoms with Crippen LogP contribution in [-0.4, -0.2) is 32.8 Å². The van der Waals surface area contributed by atoms with Crippen LogP contribution in [0.25, 0.3) is 11.3 Å². The summed E-state index contributed by atoms with van der Waals surface area (Å²) in [6, 6.07) is 12.6. The van der Waals surface area contributed by atoms with Gasteiger partial charge in [0.25, 0.3) is 11.5 Å². The fraction of sp³-hybridized carbons (Fsp3) is 0.227. The molecule has 0 saturated heterocycles. The number of pyridine rings is 1. The number of benzene rings is 1. The van der Waals surface area contributed by atoms with Gasteiger partial charge in [-0.1, -0.05) is 25.1 Å². The van der Waals surface area contributed by atoms with Crippen molar-refractivity contribution in [2.45, 2.75) is 26.3 Å². The van der Waals surface area contributed by atoms with Gasteiger partial charge in [0, 0.05) is 29.4 Å². The number of carbonyl (C=O) groups excluding carboxylic acids is 2. The van der Waals surface area contributed by atoms with Crippen molar-refractivity contribution >= 4 is 29.3 Å². The zero-order valence-corrected chi connectivity index (χ0v) is 17.8. The molecule has 0 aliphatic rings. The van der Waals surface area contributed by atoms with Crippen LogP contribution in [0.2, 0.25) is 0 Å². The van der Waals surface area contributed by atoms with Gasteiger partial charge in [-0.15, -0.1) is 0 Å². The zero-order chi connectivity index (χ0) is 23.3. The highest BCUT2D eigenvalue weighted by molar-refractivity contribution is 5.98. The van der Waals surface area contributed by atoms with Crippen LogP contribution in [0.1, 0.15) is 30.6 Å². The number of amides is 2. The Morgan fingerprint density at radius 3 is 2.56 bits per heavy atom. The van der Waals surface area contributed by atoms with Gasteiger partial charge in [-0.05, 0) is 37.6 Å². The average Bonchev–Trinajstić information content (AvgIpc) is 2.73. The van der Waals surface area contributed by atoms with E-state index in [0.29, 0.717) is 12.1 Å². The van der Waals surface area contributed by atoms with Gasteiger partial charge < -0.3 is 22.1 Å². The first kappa shape index (κ1) is 22.5. The SMILES string of the molecule is CC(CC(C)C(N)=O)Nc1nc(Nc2cccc(-c3ccccn3)c2)c(C(N)=O)c(=O)[nH]1. The molecule has 3 rings (SSSR count). The number of nitrogens with two attached hydrogens (primary N) is 2. The molecule has 0 aliphatic carbocycles. The molecule has 2 heterocycles. The molecule has 2 aromatic heterocycles. The van der Waals surface area contributed by atoms with Crippen LogP contribution >= 0.6 is 0 Å². The van der Waals surface area contributed by atoms with Gasteiger partial charge in [-0.3, -0.25) is 24.4 Å². The summed E-state index contributed by atoms with van der Waals surface area (Å²) in [4.78, 5) is 46.9. The summed E-state index contributed by atoms with van der Waals surface area (Å²) in [6.45, 7) is 3.54. The van der Waals surface area contributed by atoms with Crippen LogP contribution in [0, 0.1) is 5.92 Å². The van der Waals surface area contributed by atoms with Crippen molar-refractivity contribution < 1.29 is 9.59 Å². The van der Waals surface area contributed by atoms with Gasteiger partial charge in [0.15, 0.2) is 5.82 Å². The Morgan fingerprint density at radius 2 is 1.91 bits per heavy atom. The number of rotatable bonds is 9. The van der Waals surface area contributed by atoms with E-state index in [9.17, 15) is 14.4 Å². The Morgan fingerprint density at radius 1 is 1.12 bits per heavy atom. The average molecular weight is 435 g/mol. The maximum atomic E-state index is 12.5. The van der Waals surface area contributed by atoms with Crippen LogP contribution in [-0.2, 0) is 4.79 Å². The van der Waals surface area contributed by atoms with Gasteiger partial charge >= 0.3 is 0 Å². The molecule has 1 aromatic carbocycles. The molecule has 2 atom stereocenters. The number of aromatic amines is 1. The highest BCUT2D eigenvalue weighted by atomic mass is 16.2. The van der Waals surface area contributed by atoms with Crippen molar-refractivity contribution in [3.63, 3.8) is 0 Å². The molecule has 0 saturated carbocycles. The summed E-state index contributed by atoms with van der Waals surface area (Å²) in [6.07, 6.45) is 2.13. The standard InChI is InChI=1S/C22H25N7O3/c1-12(18(23)30)10-13(2)26-22-28-20(17(19(24)31)21(32)29-22)27-15-7-5-6-14(11-15)16-8-3-4-9-25-16/h3-9,11-13H,10H2,1-2H3,(H2,23,30)(H2,24,31)(H3,26,27,28,29,32). The number of hydrogen-bond donors (Lipinski definition) is 5. The molecule has 2 amide bonds. The van der Waals surface area contributed by atoms with Crippen molar-refractivity contribution in [3.05, 3.63) is 64.6 Å². The molecule has 0 aliphatic heterocycles. The monoisotopic (exact) mass is 435 g/mol. The normalized spacial score (nSPS) is 12.6. The van der Waals surface area contributed by atoms with E-state index in [2.05, 4.69) is 25.6 Å². The molecule has 3 aromatic rings. The van der Waals surface area contributed by atoms with Gasteiger partial charge in [0.1, 0.15) is 5.56 Å². The third-order valence-corrected chi connectivity index (χ3v) is 4.83. The second kappa shape index (κ2) is 9.73. The quantitative estimate of drug-likeness (QED) is 0.342. The van der Waals surface area contributed by atoms with Crippen LogP contribution in [0.5, 0.6) is 0 Å². The van der Waals surface area contributed by atoms with Gasteiger partial charge in [0.05, 0.1) is 5.69 Å². The molecule has 0 spiro atoms. The summed E-state index contributed by atoms with van der Waals surface area (Å²) in [5.74, 6) is -1.55. The number of primary amides is 2. The predicted molar refractivity (Wildman–Crippen MR) is 122 cm³/mol. The highest BCUT2D eigenvalue weighted by Gasteiger charge is 2.19. The van der Waals surface area contributed by atoms with Gasteiger partial charge in [0.2, 0.25) is 11.9 Å². The van der Waals surface area contributed by atoms with Gasteiger partial charge in [-0.25, -0.2) is 0 Å². The summed E-state index contributed by atoms with van der Waals surface area (Å²) >= 11 is 0. The summed E-state index contributed by atoms with van der Waals surface area (Å²) in [5, 5.41) is 6.03. The molecular weight excluding hydrogens is 410 g/mol. The van der Waals surface area contributed by atoms with E-state index in [-0.39, 0.29) is 29.3 Å². The molecule has 32 heavy (non-hydrogen) atoms. The first-order valence-electron chi connectivity index (χ1n) is 10.0. The second-order valence-electron chi connectivity index (χ2n) is 7.51. The highest BCUT2D eigenvalue weighted by Crippen LogP contribution is 2.24. The molecule has 0 bridgehead atoms. The lowest BCUT2D eigenvalue weighted by molar-refractivity contribution is -0.121. The fourth-order valence-corrected chi connectivity index (χ4v) is 3.23. The number of anilines is 3. The fourth-order valence-electron chi connectivity index (χ4n) is 3.23. The first-order chi connectivity index (χ1) is 15.2. The van der Waals surface area contributed by atoms with E-state index in [0.717, 1.165) is 11.3 Å². The zero-order valence-electron chi connectivity index (χ0n) is 17.8. The number of H-pyrrole nitrogens is 1. The van der Waals surface area contributed by atoms with Crippen LogP contribution < -0.4 is 27.7 Å². The summed E-state index contributed by atoms with van der Waals surface area (Å²) < 4.78 is 0. The lowest BCUT2D eigenvalue weighted by atomic mass is 10.0. The summed E-state index contributed by atoms with van der Waals surface area (Å²) in [7, 11) is 0. The smallest absolute Gasteiger partial charge is 0.267 e. The molecule has 166 valence electrons. The summed E-state index contributed by atoms with van der Waals surface area (Å²) in [5.41, 5.74) is 12.0. The molecule has 7 N–H and O–H groups in total. The maximum absolute atomic E-state index is 12.5. The number of nitrogens with one attached hydrogen (secondary N) is 3. The van der Waals surface area contributed by atoms with Crippen molar-refractivity contribution in [3.8, 4) is 11.3 Å². The minimum absolute atomic E-state index is 0.0112. The van der Waals surface area contributed by atoms with Crippen LogP contribution in [0.3, 0.4) is 0 Å². The Hall–Kier alpha value is -4.21. The second-order valence-corrected chi connectivity index (χ2v) is 7.51. The number of carbonyl (C=O) groups is 2. The topological polar surface area (TPSA) is 169 Å². The molecule has 0 fully saturated rings. The van der Waals surface area contributed by atoms with Gasteiger partial charge in [-0.2, -0.15) is 4.98 Å². The maximum Gasteiger partial charge on any atom is 0.267 e. The van der Waals surface area contributed by atoms with Crippen LogP contribution in [0.15, 0.2) is 53.5 Å². The Kier molecular flexibility index (Phi) is 6.83. The van der Waals surface area contributed by atoms with Crippen molar-refractivity contribution in [2.75, 3.05) is 10.6 Å². The lowest BCUT2D eigenvalue weighted by Crippen LogP contribution is -2.30. The largest absolute Gasteiger partial charge is 0.369 e. The van der Waals surface area contributed by atoms with E-state index in [4.69, 9.17) is 11.5 Å². The van der Waals surface area contributed by atoms with E-state index in [1.165, 1.54) is 0 Å². The van der Waals surface area contributed by atoms with Crippen LogP contribution in [0.4, 0.5) is 17.5 Å². The van der Waals surface area contributed by atoms with E-state index in [1.807, 2.05) is 43.3 Å². The Balaban J connectivity index is 1.91. The molecule has 0 radical (unpaired) electrons. The van der Waals surface area contributed by atoms with E-state index < -0.39 is 17.4 Å². The van der Waals surface area contributed by atoms with Crippen molar-refractivity contribution in [1.82, 2.24) is 15.0 Å². The Labute approximate surface area is 184 Å². The molecular formula is C22H25N7O3. The van der Waals surface area contributed by atoms with E-state index in [1.54, 1.807) is 19.2 Å². The predicted octanol–water partition coefficient (Wildman–Crippen LogP) is 1.99. The number of hydrogen-bond acceptors (Lipinski definition) is 7. The van der Waals surface area contributed by atoms with Crippen molar-refractivity contribution in [1.29, 1.82) is 0 Å². The minimum atomic E-state index is -0.913. The third-order valence-electron chi connectivity index (χ3n) is 4.83. The van der Waals surface area contributed by atoms with E-state index >= 15 is 0 Å². The minimum Gasteiger partial charge on any atom is -0.369 e. The first-order valence-corrected chi connectivity index (χ1v) is 10.0. The lowest BCUT2D eigenvalue weighted by Gasteiger charge is -2.18. The molecule has 10 heteroatoms. The number of aromatic nitrogens is 3. The third kappa shape index (κ3) is 5.48. The molecule has 10 nitrogen and oxygen atoms in total. The van der Waals surface area contributed by atoms with Crippen molar-refractivity contribution in [2.24, 2.45) is 17.4 Å². The number of nitrogens with zero attached hydrogens (tertiary/aromatic N) is 2.